The zero-order valence-corrected chi connectivity index (χ0v) is 16.2. The number of fused-ring (bicyclic) bond motifs is 1. The first-order valence-electron chi connectivity index (χ1n) is 9.99. The summed E-state index contributed by atoms with van der Waals surface area (Å²) >= 11 is 0. The van der Waals surface area contributed by atoms with Gasteiger partial charge in [0.2, 0.25) is 11.8 Å². The fraction of sp³-hybridized carbons (Fsp3) is 0.304. The lowest BCUT2D eigenvalue weighted by Crippen LogP contribution is -2.50. The molecule has 150 valence electrons. The molecule has 1 aliphatic rings. The van der Waals surface area contributed by atoms with Crippen molar-refractivity contribution >= 4 is 22.7 Å². The number of para-hydroxylation sites is 1. The third-order valence-electron chi connectivity index (χ3n) is 5.26. The number of ether oxygens (including phenoxy) is 1. The van der Waals surface area contributed by atoms with Crippen LogP contribution in [-0.2, 0) is 27.3 Å². The number of nitrogens with one attached hydrogen (secondary N) is 3. The molecular weight excluding hydrogens is 366 g/mol. The minimum absolute atomic E-state index is 0.203. The number of aromatic nitrogens is 1. The van der Waals surface area contributed by atoms with Gasteiger partial charge in [0.15, 0.2) is 0 Å². The number of aromatic amines is 1. The normalized spacial score (nSPS) is 17.2. The zero-order valence-electron chi connectivity index (χ0n) is 16.2. The van der Waals surface area contributed by atoms with E-state index < -0.39 is 12.1 Å². The first kappa shape index (κ1) is 19.2. The summed E-state index contributed by atoms with van der Waals surface area (Å²) in [6.45, 7) is 1.01. The van der Waals surface area contributed by atoms with Crippen LogP contribution < -0.4 is 10.6 Å². The topological polar surface area (TPSA) is 83.2 Å². The van der Waals surface area contributed by atoms with Crippen molar-refractivity contribution in [2.24, 2.45) is 0 Å². The van der Waals surface area contributed by atoms with Crippen molar-refractivity contribution in [2.45, 2.75) is 38.0 Å². The van der Waals surface area contributed by atoms with Gasteiger partial charge in [-0.15, -0.1) is 0 Å². The van der Waals surface area contributed by atoms with E-state index in [0.717, 1.165) is 28.5 Å². The van der Waals surface area contributed by atoms with E-state index in [1.54, 1.807) is 0 Å². The second kappa shape index (κ2) is 8.92. The minimum atomic E-state index is -0.672. The van der Waals surface area contributed by atoms with Crippen LogP contribution in [0.5, 0.6) is 0 Å². The maximum absolute atomic E-state index is 13.0. The van der Waals surface area contributed by atoms with Gasteiger partial charge < -0.3 is 20.4 Å². The van der Waals surface area contributed by atoms with Crippen molar-refractivity contribution < 1.29 is 14.3 Å². The molecular formula is C23H25N3O3. The monoisotopic (exact) mass is 391 g/mol. The number of carbonyl (C=O) groups is 2. The molecule has 2 aromatic carbocycles. The van der Waals surface area contributed by atoms with Gasteiger partial charge in [0.1, 0.15) is 12.1 Å². The van der Waals surface area contributed by atoms with Crippen molar-refractivity contribution in [3.8, 4) is 0 Å². The molecule has 3 N–H and O–H groups in total. The van der Waals surface area contributed by atoms with Gasteiger partial charge in [-0.1, -0.05) is 48.5 Å². The lowest BCUT2D eigenvalue weighted by Gasteiger charge is -2.20. The summed E-state index contributed by atoms with van der Waals surface area (Å²) in [5.74, 6) is -0.423. The standard InChI is InChI=1S/C23H25N3O3/c27-22(25-14-16-7-2-1-3-8-16)20(26-23(28)21-11-6-12-29-21)13-17-15-24-19-10-5-4-9-18(17)19/h1-5,7-10,15,20-21,24H,6,11-14H2,(H,25,27)(H,26,28)/t20-,21?/m0/s1. The van der Waals surface area contributed by atoms with Crippen LogP contribution in [0.4, 0.5) is 0 Å². The Morgan fingerprint density at radius 1 is 1.10 bits per heavy atom. The van der Waals surface area contributed by atoms with Crippen LogP contribution in [0.1, 0.15) is 24.0 Å². The summed E-state index contributed by atoms with van der Waals surface area (Å²) < 4.78 is 5.48. The molecule has 1 aromatic heterocycles. The smallest absolute Gasteiger partial charge is 0.249 e. The van der Waals surface area contributed by atoms with E-state index in [4.69, 9.17) is 4.74 Å². The highest BCUT2D eigenvalue weighted by Crippen LogP contribution is 2.20. The summed E-state index contributed by atoms with van der Waals surface area (Å²) in [6, 6.07) is 17.0. The highest BCUT2D eigenvalue weighted by Gasteiger charge is 2.29. The molecule has 0 radical (unpaired) electrons. The summed E-state index contributed by atoms with van der Waals surface area (Å²) in [6.07, 6.45) is 3.40. The van der Waals surface area contributed by atoms with Gasteiger partial charge in [-0.2, -0.15) is 0 Å². The number of hydrogen-bond donors (Lipinski definition) is 3. The Balaban J connectivity index is 1.49. The molecule has 6 heteroatoms. The number of benzene rings is 2. The Kier molecular flexibility index (Phi) is 5.91. The Morgan fingerprint density at radius 2 is 1.90 bits per heavy atom. The van der Waals surface area contributed by atoms with Gasteiger partial charge in [-0.05, 0) is 30.0 Å². The first-order chi connectivity index (χ1) is 14.2. The van der Waals surface area contributed by atoms with Crippen LogP contribution in [0.2, 0.25) is 0 Å². The van der Waals surface area contributed by atoms with E-state index in [0.29, 0.717) is 26.0 Å². The third-order valence-corrected chi connectivity index (χ3v) is 5.26. The van der Waals surface area contributed by atoms with E-state index >= 15 is 0 Å². The summed E-state index contributed by atoms with van der Waals surface area (Å²) in [4.78, 5) is 28.8. The second-order valence-electron chi connectivity index (χ2n) is 7.33. The number of carbonyl (C=O) groups excluding carboxylic acids is 2. The van der Waals surface area contributed by atoms with E-state index in [2.05, 4.69) is 15.6 Å². The predicted molar refractivity (Wildman–Crippen MR) is 111 cm³/mol. The molecule has 2 amide bonds. The molecule has 0 bridgehead atoms. The van der Waals surface area contributed by atoms with Crippen molar-refractivity contribution in [1.29, 1.82) is 0 Å². The third kappa shape index (κ3) is 4.66. The molecule has 1 aliphatic heterocycles. The molecule has 3 aromatic rings. The minimum Gasteiger partial charge on any atom is -0.368 e. The molecule has 6 nitrogen and oxygen atoms in total. The lowest BCUT2D eigenvalue weighted by molar-refractivity contribution is -0.134. The highest BCUT2D eigenvalue weighted by molar-refractivity contribution is 5.91. The van der Waals surface area contributed by atoms with Gasteiger partial charge in [0.25, 0.3) is 0 Å². The SMILES string of the molecule is O=C(N[C@@H](Cc1c[nH]c2ccccc12)C(=O)NCc1ccccc1)C1CCCO1. The van der Waals surface area contributed by atoms with Gasteiger partial charge in [-0.25, -0.2) is 0 Å². The van der Waals surface area contributed by atoms with Crippen molar-refractivity contribution in [3.05, 3.63) is 71.9 Å². The van der Waals surface area contributed by atoms with Crippen molar-refractivity contribution in [3.63, 3.8) is 0 Å². The van der Waals surface area contributed by atoms with E-state index in [1.807, 2.05) is 60.8 Å². The average Bonchev–Trinajstić information content (AvgIpc) is 3.43. The second-order valence-corrected chi connectivity index (χ2v) is 7.33. The van der Waals surface area contributed by atoms with E-state index in [1.165, 1.54) is 0 Å². The molecule has 0 spiro atoms. The molecule has 2 heterocycles. The van der Waals surface area contributed by atoms with Crippen LogP contribution in [0.25, 0.3) is 10.9 Å². The quantitative estimate of drug-likeness (QED) is 0.579. The van der Waals surface area contributed by atoms with Gasteiger partial charge in [0.05, 0.1) is 0 Å². The molecule has 4 rings (SSSR count). The van der Waals surface area contributed by atoms with Crippen LogP contribution in [0, 0.1) is 0 Å². The van der Waals surface area contributed by atoms with Crippen molar-refractivity contribution in [2.75, 3.05) is 6.61 Å². The van der Waals surface area contributed by atoms with Gasteiger partial charge >= 0.3 is 0 Å². The fourth-order valence-corrected chi connectivity index (χ4v) is 3.69. The van der Waals surface area contributed by atoms with Crippen LogP contribution in [0.3, 0.4) is 0 Å². The average molecular weight is 391 g/mol. The molecule has 29 heavy (non-hydrogen) atoms. The van der Waals surface area contributed by atoms with E-state index in [-0.39, 0.29) is 11.8 Å². The molecule has 2 atom stereocenters. The lowest BCUT2D eigenvalue weighted by atomic mass is 10.0. The molecule has 1 saturated heterocycles. The summed E-state index contributed by atoms with van der Waals surface area (Å²) in [5, 5.41) is 6.91. The maximum atomic E-state index is 13.0. The highest BCUT2D eigenvalue weighted by atomic mass is 16.5. The Labute approximate surface area is 169 Å². The Morgan fingerprint density at radius 3 is 2.69 bits per heavy atom. The fourth-order valence-electron chi connectivity index (χ4n) is 3.69. The Hall–Kier alpha value is -3.12. The van der Waals surface area contributed by atoms with Crippen LogP contribution >= 0.6 is 0 Å². The summed E-state index contributed by atoms with van der Waals surface area (Å²) in [5.41, 5.74) is 3.02. The zero-order chi connectivity index (χ0) is 20.1. The number of H-pyrrole nitrogens is 1. The largest absolute Gasteiger partial charge is 0.368 e. The van der Waals surface area contributed by atoms with E-state index in [9.17, 15) is 9.59 Å². The van der Waals surface area contributed by atoms with Crippen molar-refractivity contribution in [1.82, 2.24) is 15.6 Å². The predicted octanol–water partition coefficient (Wildman–Crippen LogP) is 2.69. The number of rotatable bonds is 7. The van der Waals surface area contributed by atoms with Crippen LogP contribution in [0.15, 0.2) is 60.8 Å². The van der Waals surface area contributed by atoms with Gasteiger partial charge in [-0.3, -0.25) is 9.59 Å². The maximum Gasteiger partial charge on any atom is 0.249 e. The molecule has 1 unspecified atom stereocenters. The molecule has 0 saturated carbocycles. The number of amides is 2. The summed E-state index contributed by atoms with van der Waals surface area (Å²) in [7, 11) is 0. The molecule has 0 aliphatic carbocycles. The Bertz CT molecular complexity index is 977. The van der Waals surface area contributed by atoms with Gasteiger partial charge in [0, 0.05) is 36.7 Å². The number of hydrogen-bond acceptors (Lipinski definition) is 3. The van der Waals surface area contributed by atoms with Crippen LogP contribution in [-0.4, -0.2) is 35.6 Å². The molecule has 1 fully saturated rings. The first-order valence-corrected chi connectivity index (χ1v) is 9.99.